The summed E-state index contributed by atoms with van der Waals surface area (Å²) in [6.45, 7) is 0. The van der Waals surface area contributed by atoms with Gasteiger partial charge in [-0.05, 0) is 30.2 Å². The first-order chi connectivity index (χ1) is 15.5. The van der Waals surface area contributed by atoms with Gasteiger partial charge in [-0.1, -0.05) is 42.1 Å². The number of amidine groups is 1. The molecule has 2 aromatic rings. The van der Waals surface area contributed by atoms with Crippen LogP contribution in [-0.2, 0) is 9.71 Å². The molecule has 1 aliphatic rings. The summed E-state index contributed by atoms with van der Waals surface area (Å²) in [4.78, 5) is 16.5. The Morgan fingerprint density at radius 2 is 1.94 bits per heavy atom. The second-order valence-electron chi connectivity index (χ2n) is 7.17. The number of rotatable bonds is 7. The molecule has 12 heteroatoms. The van der Waals surface area contributed by atoms with Crippen LogP contribution >= 0.6 is 11.8 Å². The van der Waals surface area contributed by atoms with Crippen LogP contribution in [0.1, 0.15) is 24.0 Å². The summed E-state index contributed by atoms with van der Waals surface area (Å²) in [6.07, 6.45) is -1.32. The molecule has 0 spiro atoms. The van der Waals surface area contributed by atoms with Crippen LogP contribution in [0.2, 0.25) is 0 Å². The van der Waals surface area contributed by atoms with E-state index >= 15 is 0 Å². The van der Waals surface area contributed by atoms with E-state index in [4.69, 9.17) is 16.0 Å². The van der Waals surface area contributed by atoms with E-state index in [-0.39, 0.29) is 10.6 Å². The Kier molecular flexibility index (Phi) is 6.98. The van der Waals surface area contributed by atoms with Gasteiger partial charge in [0, 0.05) is 19.0 Å². The molecule has 0 fully saturated rings. The van der Waals surface area contributed by atoms with Crippen molar-refractivity contribution in [2.24, 2.45) is 10.8 Å². The molecule has 1 atom stereocenters. The average molecular weight is 483 g/mol. The van der Waals surface area contributed by atoms with Gasteiger partial charge in [-0.2, -0.15) is 18.9 Å². The van der Waals surface area contributed by atoms with Gasteiger partial charge in [-0.15, -0.1) is 0 Å². The molecule has 3 N–H and O–H groups in total. The summed E-state index contributed by atoms with van der Waals surface area (Å²) in [5.41, 5.74) is 5.23. The van der Waals surface area contributed by atoms with Crippen molar-refractivity contribution < 1.29 is 27.2 Å². The van der Waals surface area contributed by atoms with E-state index in [0.717, 1.165) is 40.0 Å². The SMILES string of the molecule is CON(C)C(=O)N1N=C(c2cc(F)ccc2F)SC1(CCC(F)(F)C(=N)N)c1ccccc1. The maximum Gasteiger partial charge on any atom is 0.365 e. The summed E-state index contributed by atoms with van der Waals surface area (Å²) in [5.74, 6) is -6.51. The Bertz CT molecular complexity index is 1090. The lowest BCUT2D eigenvalue weighted by Crippen LogP contribution is -2.48. The first kappa shape index (κ1) is 24.5. The zero-order chi connectivity index (χ0) is 24.4. The number of hydrogen-bond acceptors (Lipinski definition) is 5. The second kappa shape index (κ2) is 9.40. The quantitative estimate of drug-likeness (QED) is 0.263. The van der Waals surface area contributed by atoms with Crippen molar-refractivity contribution in [1.82, 2.24) is 10.1 Å². The standard InChI is InChI=1S/C21H21F4N5O2S/c1-29(32-2)19(31)30-21(13-6-4-3-5-7-13,11-10-20(24,25)18(26)27)33-17(28-30)15-12-14(22)8-9-16(15)23/h3-9,12H,10-11H2,1-2H3,(H3,26,27). The molecule has 33 heavy (non-hydrogen) atoms. The highest BCUT2D eigenvalue weighted by Gasteiger charge is 2.52. The Morgan fingerprint density at radius 3 is 2.55 bits per heavy atom. The number of thioether (sulfide) groups is 1. The van der Waals surface area contributed by atoms with E-state index in [2.05, 4.69) is 5.10 Å². The molecule has 0 saturated heterocycles. The van der Waals surface area contributed by atoms with Gasteiger partial charge in [0.1, 0.15) is 21.5 Å². The molecule has 1 heterocycles. The van der Waals surface area contributed by atoms with Crippen LogP contribution in [0, 0.1) is 17.0 Å². The number of carbonyl (C=O) groups is 1. The molecule has 0 bridgehead atoms. The van der Waals surface area contributed by atoms with Crippen LogP contribution in [0.3, 0.4) is 0 Å². The minimum atomic E-state index is -3.66. The first-order valence-electron chi connectivity index (χ1n) is 9.65. The molecule has 1 aliphatic heterocycles. The summed E-state index contributed by atoms with van der Waals surface area (Å²) < 4.78 is 57.1. The molecular formula is C21H21F4N5O2S. The van der Waals surface area contributed by atoms with E-state index in [1.165, 1.54) is 14.2 Å². The number of urea groups is 1. The Hall–Kier alpha value is -3.12. The molecule has 2 amide bonds. The highest BCUT2D eigenvalue weighted by atomic mass is 32.2. The van der Waals surface area contributed by atoms with Crippen LogP contribution in [0.4, 0.5) is 22.4 Å². The molecule has 3 rings (SSSR count). The fraction of sp³-hybridized carbons (Fsp3) is 0.286. The van der Waals surface area contributed by atoms with Gasteiger partial charge >= 0.3 is 12.0 Å². The largest absolute Gasteiger partial charge is 0.383 e. The lowest BCUT2D eigenvalue weighted by atomic mass is 9.98. The number of amides is 2. The Labute approximate surface area is 191 Å². The number of nitrogens with one attached hydrogen (secondary N) is 1. The van der Waals surface area contributed by atoms with Crippen molar-refractivity contribution in [3.8, 4) is 0 Å². The summed E-state index contributed by atoms with van der Waals surface area (Å²) >= 11 is 0.825. The molecule has 7 nitrogen and oxygen atoms in total. The number of alkyl halides is 2. The molecular weight excluding hydrogens is 462 g/mol. The smallest absolute Gasteiger partial charge is 0.365 e. The fourth-order valence-corrected chi connectivity index (χ4v) is 4.59. The third-order valence-corrected chi connectivity index (χ3v) is 6.52. The maximum absolute atomic E-state index is 14.5. The number of halogens is 4. The predicted molar refractivity (Wildman–Crippen MR) is 117 cm³/mol. The van der Waals surface area contributed by atoms with Crippen molar-refractivity contribution in [1.29, 1.82) is 5.41 Å². The highest BCUT2D eigenvalue weighted by Crippen LogP contribution is 2.52. The number of hydroxylamine groups is 2. The monoisotopic (exact) mass is 483 g/mol. The minimum Gasteiger partial charge on any atom is -0.383 e. The number of carbonyl (C=O) groups excluding carboxylic acids is 1. The molecule has 176 valence electrons. The van der Waals surface area contributed by atoms with Crippen molar-refractivity contribution in [2.45, 2.75) is 23.6 Å². The van der Waals surface area contributed by atoms with E-state index < -0.39 is 47.1 Å². The van der Waals surface area contributed by atoms with Crippen molar-refractivity contribution in [3.05, 3.63) is 71.3 Å². The van der Waals surface area contributed by atoms with Gasteiger partial charge in [-0.25, -0.2) is 18.6 Å². The summed E-state index contributed by atoms with van der Waals surface area (Å²) in [5, 5.41) is 13.1. The average Bonchev–Trinajstić information content (AvgIpc) is 3.19. The zero-order valence-corrected chi connectivity index (χ0v) is 18.5. The maximum atomic E-state index is 14.5. The van der Waals surface area contributed by atoms with Gasteiger partial charge in [0.05, 0.1) is 7.11 Å². The second-order valence-corrected chi connectivity index (χ2v) is 8.44. The Balaban J connectivity index is 2.17. The van der Waals surface area contributed by atoms with Gasteiger partial charge < -0.3 is 5.73 Å². The first-order valence-corrected chi connectivity index (χ1v) is 10.5. The predicted octanol–water partition coefficient (Wildman–Crippen LogP) is 4.49. The van der Waals surface area contributed by atoms with Gasteiger partial charge in [0.25, 0.3) is 0 Å². The van der Waals surface area contributed by atoms with E-state index in [9.17, 15) is 22.4 Å². The number of nitrogens with zero attached hydrogens (tertiary/aromatic N) is 3. The van der Waals surface area contributed by atoms with E-state index in [1.807, 2.05) is 0 Å². The van der Waals surface area contributed by atoms with E-state index in [1.54, 1.807) is 30.3 Å². The van der Waals surface area contributed by atoms with Crippen molar-refractivity contribution in [3.63, 3.8) is 0 Å². The van der Waals surface area contributed by atoms with Crippen LogP contribution in [-0.4, -0.2) is 47.1 Å². The van der Waals surface area contributed by atoms with Gasteiger partial charge in [0.15, 0.2) is 5.84 Å². The van der Waals surface area contributed by atoms with Gasteiger partial charge in [0.2, 0.25) is 0 Å². The Morgan fingerprint density at radius 1 is 1.27 bits per heavy atom. The molecule has 0 saturated carbocycles. The van der Waals surface area contributed by atoms with E-state index in [0.29, 0.717) is 5.56 Å². The molecule has 2 aromatic carbocycles. The van der Waals surface area contributed by atoms with Crippen LogP contribution < -0.4 is 5.73 Å². The van der Waals surface area contributed by atoms with Gasteiger partial charge in [-0.3, -0.25) is 10.2 Å². The normalized spacial score (nSPS) is 18.2. The topological polar surface area (TPSA) is 95.0 Å². The molecule has 0 aliphatic carbocycles. The molecule has 1 unspecified atom stereocenters. The van der Waals surface area contributed by atoms with Crippen molar-refractivity contribution in [2.75, 3.05) is 14.2 Å². The highest BCUT2D eigenvalue weighted by molar-refractivity contribution is 8.15. The number of hydrazone groups is 1. The number of hydrogen-bond donors (Lipinski definition) is 2. The van der Waals surface area contributed by atoms with Crippen molar-refractivity contribution >= 4 is 28.7 Å². The number of nitrogens with two attached hydrogens (primary N) is 1. The van der Waals surface area contributed by atoms with Crippen LogP contribution in [0.5, 0.6) is 0 Å². The lowest BCUT2D eigenvalue weighted by Gasteiger charge is -2.37. The summed E-state index contributed by atoms with van der Waals surface area (Å²) in [6, 6.07) is 10.1. The molecule has 0 aromatic heterocycles. The third-order valence-electron chi connectivity index (χ3n) is 5.08. The van der Waals surface area contributed by atoms with Crippen LogP contribution in [0.15, 0.2) is 53.6 Å². The minimum absolute atomic E-state index is 0.0835. The zero-order valence-electron chi connectivity index (χ0n) is 17.7. The summed E-state index contributed by atoms with van der Waals surface area (Å²) in [7, 11) is 2.52. The third kappa shape index (κ3) is 4.81. The molecule has 0 radical (unpaired) electrons. The van der Waals surface area contributed by atoms with Crippen LogP contribution in [0.25, 0.3) is 0 Å². The fourth-order valence-electron chi connectivity index (χ4n) is 3.22. The number of benzene rings is 2. The lowest BCUT2D eigenvalue weighted by molar-refractivity contribution is -0.0812.